The summed E-state index contributed by atoms with van der Waals surface area (Å²) < 4.78 is 13.8. The smallest absolute Gasteiger partial charge is 0.322 e. The number of carbonyl (C=O) groups excluding carboxylic acids is 3. The van der Waals surface area contributed by atoms with Crippen molar-refractivity contribution in [3.63, 3.8) is 0 Å². The van der Waals surface area contributed by atoms with E-state index in [0.29, 0.717) is 5.69 Å². The van der Waals surface area contributed by atoms with Crippen LogP contribution in [-0.4, -0.2) is 35.3 Å². The first kappa shape index (κ1) is 18.8. The third kappa shape index (κ3) is 3.78. The zero-order valence-corrected chi connectivity index (χ0v) is 15.5. The van der Waals surface area contributed by atoms with E-state index in [0.717, 1.165) is 16.5 Å². The number of anilines is 2. The minimum atomic E-state index is -0.736. The molecule has 1 unspecified atom stereocenters. The molecule has 0 saturated carbocycles. The molecule has 1 atom stereocenters. The van der Waals surface area contributed by atoms with Gasteiger partial charge in [-0.25, -0.2) is 9.18 Å². The van der Waals surface area contributed by atoms with Crippen molar-refractivity contribution in [1.29, 1.82) is 0 Å². The largest absolute Gasteiger partial charge is 0.332 e. The number of hydrogen-bond donors (Lipinski definition) is 1. The molecule has 8 heteroatoms. The fraction of sp³-hybridized carbons (Fsp3) is 0.211. The summed E-state index contributed by atoms with van der Waals surface area (Å²) in [5, 5.41) is 2.54. The van der Waals surface area contributed by atoms with Crippen LogP contribution in [0.1, 0.15) is 12.5 Å². The van der Waals surface area contributed by atoms with E-state index in [1.807, 2.05) is 19.1 Å². The third-order valence-corrected chi connectivity index (χ3v) is 4.50. The predicted molar refractivity (Wildman–Crippen MR) is 100 cm³/mol. The minimum Gasteiger partial charge on any atom is -0.322 e. The van der Waals surface area contributed by atoms with Crippen molar-refractivity contribution >= 4 is 40.8 Å². The van der Waals surface area contributed by atoms with Crippen LogP contribution in [0.3, 0.4) is 0 Å². The third-order valence-electron chi connectivity index (χ3n) is 4.27. The highest BCUT2D eigenvalue weighted by molar-refractivity contribution is 6.30. The van der Waals surface area contributed by atoms with E-state index in [2.05, 4.69) is 5.32 Å². The number of carbonyl (C=O) groups is 3. The Morgan fingerprint density at radius 3 is 2.48 bits per heavy atom. The number of aryl methyl sites for hydroxylation is 1. The molecule has 6 nitrogen and oxygen atoms in total. The zero-order chi connectivity index (χ0) is 19.7. The van der Waals surface area contributed by atoms with E-state index in [-0.39, 0.29) is 10.7 Å². The van der Waals surface area contributed by atoms with Crippen LogP contribution in [0.4, 0.5) is 20.6 Å². The van der Waals surface area contributed by atoms with Gasteiger partial charge in [0.05, 0.1) is 5.69 Å². The maximum absolute atomic E-state index is 13.8. The molecule has 3 rings (SSSR count). The molecule has 1 aliphatic rings. The second kappa shape index (κ2) is 7.36. The van der Waals surface area contributed by atoms with Crippen molar-refractivity contribution in [1.82, 2.24) is 4.90 Å². The highest BCUT2D eigenvalue weighted by Gasteiger charge is 2.44. The average molecular weight is 390 g/mol. The average Bonchev–Trinajstić information content (AvgIpc) is 2.82. The standard InChI is InChI=1S/C19H17ClFN3O3/c1-11-3-6-14(7-4-11)24-12(2)18(26)23(19(24)27)10-17(25)22-16-8-5-13(20)9-15(16)21/h3-9,12H,10H2,1-2H3,(H,22,25). The molecular formula is C19H17ClFN3O3. The lowest BCUT2D eigenvalue weighted by molar-refractivity contribution is -0.130. The van der Waals surface area contributed by atoms with Gasteiger partial charge in [-0.1, -0.05) is 29.3 Å². The van der Waals surface area contributed by atoms with Gasteiger partial charge >= 0.3 is 6.03 Å². The molecular weight excluding hydrogens is 373 g/mol. The lowest BCUT2D eigenvalue weighted by Gasteiger charge is -2.19. The van der Waals surface area contributed by atoms with Crippen LogP contribution in [0.2, 0.25) is 5.02 Å². The van der Waals surface area contributed by atoms with Crippen LogP contribution in [0.25, 0.3) is 0 Å². The van der Waals surface area contributed by atoms with Gasteiger partial charge in [0.2, 0.25) is 5.91 Å². The maximum atomic E-state index is 13.8. The van der Waals surface area contributed by atoms with Crippen LogP contribution in [0.5, 0.6) is 0 Å². The summed E-state index contributed by atoms with van der Waals surface area (Å²) in [6.07, 6.45) is 0. The molecule has 27 heavy (non-hydrogen) atoms. The highest BCUT2D eigenvalue weighted by Crippen LogP contribution is 2.26. The topological polar surface area (TPSA) is 69.7 Å². The van der Waals surface area contributed by atoms with E-state index in [1.54, 1.807) is 19.1 Å². The van der Waals surface area contributed by atoms with Gasteiger partial charge in [0, 0.05) is 10.7 Å². The Bertz CT molecular complexity index is 917. The Hall–Kier alpha value is -2.93. The van der Waals surface area contributed by atoms with Gasteiger partial charge < -0.3 is 5.32 Å². The molecule has 1 heterocycles. The number of nitrogens with zero attached hydrogens (tertiary/aromatic N) is 2. The van der Waals surface area contributed by atoms with E-state index in [4.69, 9.17) is 11.6 Å². The molecule has 0 spiro atoms. The molecule has 4 amide bonds. The van der Waals surface area contributed by atoms with Gasteiger partial charge in [-0.3, -0.25) is 19.4 Å². The SMILES string of the molecule is Cc1ccc(N2C(=O)N(CC(=O)Nc3ccc(Cl)cc3F)C(=O)C2C)cc1. The van der Waals surface area contributed by atoms with E-state index in [9.17, 15) is 18.8 Å². The minimum absolute atomic E-state index is 0.0769. The molecule has 0 aromatic heterocycles. The van der Waals surface area contributed by atoms with Crippen LogP contribution in [0, 0.1) is 12.7 Å². The molecule has 2 aromatic carbocycles. The number of imide groups is 1. The summed E-state index contributed by atoms with van der Waals surface area (Å²) in [6.45, 7) is 3.00. The fourth-order valence-corrected chi connectivity index (χ4v) is 2.99. The Labute approximate surface area is 160 Å². The summed E-state index contributed by atoms with van der Waals surface area (Å²) in [5.41, 5.74) is 1.51. The molecule has 1 N–H and O–H groups in total. The van der Waals surface area contributed by atoms with Crippen LogP contribution < -0.4 is 10.2 Å². The van der Waals surface area contributed by atoms with Gasteiger partial charge in [-0.05, 0) is 44.2 Å². The van der Waals surface area contributed by atoms with Crippen LogP contribution >= 0.6 is 11.6 Å². The summed E-state index contributed by atoms with van der Waals surface area (Å²) in [5.74, 6) is -1.88. The van der Waals surface area contributed by atoms with Crippen LogP contribution in [0.15, 0.2) is 42.5 Å². The Morgan fingerprint density at radius 1 is 1.19 bits per heavy atom. The van der Waals surface area contributed by atoms with E-state index in [1.165, 1.54) is 17.0 Å². The number of rotatable bonds is 4. The Morgan fingerprint density at radius 2 is 1.85 bits per heavy atom. The summed E-state index contributed by atoms with van der Waals surface area (Å²) in [4.78, 5) is 39.5. The number of nitrogens with one attached hydrogen (secondary N) is 1. The van der Waals surface area contributed by atoms with Gasteiger partial charge in [-0.2, -0.15) is 0 Å². The summed E-state index contributed by atoms with van der Waals surface area (Å²) in [6, 6.07) is 9.61. The molecule has 1 fully saturated rings. The molecule has 140 valence electrons. The van der Waals surface area contributed by atoms with Gasteiger partial charge in [0.1, 0.15) is 18.4 Å². The van der Waals surface area contributed by atoms with Gasteiger partial charge in [0.25, 0.3) is 5.91 Å². The van der Waals surface area contributed by atoms with Gasteiger partial charge in [0.15, 0.2) is 0 Å². The lowest BCUT2D eigenvalue weighted by atomic mass is 10.2. The van der Waals surface area contributed by atoms with Crippen LogP contribution in [-0.2, 0) is 9.59 Å². The number of amides is 4. The molecule has 0 bridgehead atoms. The van der Waals surface area contributed by atoms with E-state index < -0.39 is 36.2 Å². The fourth-order valence-electron chi connectivity index (χ4n) is 2.84. The monoisotopic (exact) mass is 389 g/mol. The number of benzene rings is 2. The number of urea groups is 1. The van der Waals surface area contributed by atoms with Crippen molar-refractivity contribution in [3.8, 4) is 0 Å². The number of hydrogen-bond acceptors (Lipinski definition) is 3. The highest BCUT2D eigenvalue weighted by atomic mass is 35.5. The zero-order valence-electron chi connectivity index (χ0n) is 14.7. The predicted octanol–water partition coefficient (Wildman–Crippen LogP) is 3.58. The normalized spacial score (nSPS) is 16.8. The molecule has 1 aliphatic heterocycles. The Balaban J connectivity index is 1.74. The lowest BCUT2D eigenvalue weighted by Crippen LogP contribution is -2.39. The summed E-state index contributed by atoms with van der Waals surface area (Å²) >= 11 is 5.67. The first-order chi connectivity index (χ1) is 12.8. The molecule has 1 saturated heterocycles. The molecule has 0 aliphatic carbocycles. The van der Waals surface area contributed by atoms with Crippen molar-refractivity contribution in [2.45, 2.75) is 19.9 Å². The van der Waals surface area contributed by atoms with Crippen molar-refractivity contribution in [3.05, 3.63) is 58.9 Å². The maximum Gasteiger partial charge on any atom is 0.332 e. The van der Waals surface area contributed by atoms with Crippen molar-refractivity contribution in [2.75, 3.05) is 16.8 Å². The Kier molecular flexibility index (Phi) is 5.14. The second-order valence-electron chi connectivity index (χ2n) is 6.26. The first-order valence-corrected chi connectivity index (χ1v) is 8.62. The second-order valence-corrected chi connectivity index (χ2v) is 6.70. The van der Waals surface area contributed by atoms with Crippen molar-refractivity contribution < 1.29 is 18.8 Å². The quantitative estimate of drug-likeness (QED) is 0.812. The van der Waals surface area contributed by atoms with Crippen molar-refractivity contribution in [2.24, 2.45) is 0 Å². The van der Waals surface area contributed by atoms with Gasteiger partial charge in [-0.15, -0.1) is 0 Å². The van der Waals surface area contributed by atoms with E-state index >= 15 is 0 Å². The molecule has 2 aromatic rings. The number of halogens is 2. The summed E-state index contributed by atoms with van der Waals surface area (Å²) in [7, 11) is 0. The first-order valence-electron chi connectivity index (χ1n) is 8.24. The molecule has 0 radical (unpaired) electrons.